The molecule has 0 radical (unpaired) electrons. The molecule has 0 spiro atoms. The molecule has 1 heterocycles. The second-order valence-electron chi connectivity index (χ2n) is 7.25. The summed E-state index contributed by atoms with van der Waals surface area (Å²) in [5.41, 5.74) is 2.43. The first-order valence-electron chi connectivity index (χ1n) is 7.95. The minimum atomic E-state index is -0.00360. The Morgan fingerprint density at radius 1 is 1.29 bits per heavy atom. The zero-order chi connectivity index (χ0) is 15.5. The summed E-state index contributed by atoms with van der Waals surface area (Å²) in [5, 5.41) is 6.62. The van der Waals surface area contributed by atoms with Gasteiger partial charge in [0, 0.05) is 5.92 Å². The quantitative estimate of drug-likeness (QED) is 0.897. The Labute approximate surface area is 128 Å². The number of piperidine rings is 1. The largest absolute Gasteiger partial charge is 0.349 e. The first kappa shape index (κ1) is 16.0. The zero-order valence-electron chi connectivity index (χ0n) is 13.7. The van der Waals surface area contributed by atoms with Gasteiger partial charge in [0.05, 0.1) is 6.04 Å². The molecular formula is C18H28N2O. The number of hydrogen-bond donors (Lipinski definition) is 2. The van der Waals surface area contributed by atoms with E-state index in [1.54, 1.807) is 0 Å². The van der Waals surface area contributed by atoms with Crippen LogP contribution in [0.5, 0.6) is 0 Å². The minimum Gasteiger partial charge on any atom is -0.349 e. The predicted octanol–water partition coefficient (Wildman–Crippen LogP) is 3.20. The molecule has 1 fully saturated rings. The van der Waals surface area contributed by atoms with Crippen LogP contribution in [0, 0.1) is 18.3 Å². The fourth-order valence-corrected chi connectivity index (χ4v) is 2.99. The van der Waals surface area contributed by atoms with Crippen molar-refractivity contribution in [2.45, 2.75) is 46.6 Å². The number of hydrogen-bond acceptors (Lipinski definition) is 2. The number of nitrogens with one attached hydrogen (secondary N) is 2. The molecule has 1 aromatic carbocycles. The van der Waals surface area contributed by atoms with Gasteiger partial charge >= 0.3 is 0 Å². The number of carbonyl (C=O) groups is 1. The molecule has 1 saturated heterocycles. The Bertz CT molecular complexity index is 484. The molecule has 0 aliphatic carbocycles. The molecule has 2 rings (SSSR count). The van der Waals surface area contributed by atoms with Gasteiger partial charge in [-0.1, -0.05) is 50.6 Å². The molecule has 21 heavy (non-hydrogen) atoms. The summed E-state index contributed by atoms with van der Waals surface area (Å²) >= 11 is 0. The van der Waals surface area contributed by atoms with Gasteiger partial charge in [0.1, 0.15) is 0 Å². The third kappa shape index (κ3) is 4.31. The smallest absolute Gasteiger partial charge is 0.223 e. The average Bonchev–Trinajstić information content (AvgIpc) is 2.44. The van der Waals surface area contributed by atoms with Gasteiger partial charge in [-0.2, -0.15) is 0 Å². The van der Waals surface area contributed by atoms with Crippen LogP contribution in [-0.2, 0) is 4.79 Å². The van der Waals surface area contributed by atoms with Crippen LogP contribution in [0.15, 0.2) is 24.3 Å². The normalized spacial score (nSPS) is 18.3. The Kier molecular flexibility index (Phi) is 5.04. The summed E-state index contributed by atoms with van der Waals surface area (Å²) in [5.74, 6) is 0.360. The van der Waals surface area contributed by atoms with Gasteiger partial charge < -0.3 is 10.6 Å². The van der Waals surface area contributed by atoms with Gasteiger partial charge in [0.15, 0.2) is 0 Å². The molecule has 1 atom stereocenters. The molecule has 3 heteroatoms. The molecule has 0 aromatic heterocycles. The second-order valence-corrected chi connectivity index (χ2v) is 7.25. The lowest BCUT2D eigenvalue weighted by atomic mass is 9.81. The predicted molar refractivity (Wildman–Crippen MR) is 87.1 cm³/mol. The van der Waals surface area contributed by atoms with E-state index in [2.05, 4.69) is 62.6 Å². The van der Waals surface area contributed by atoms with Gasteiger partial charge in [-0.15, -0.1) is 0 Å². The maximum atomic E-state index is 12.6. The Hall–Kier alpha value is -1.35. The first-order chi connectivity index (χ1) is 9.88. The summed E-state index contributed by atoms with van der Waals surface area (Å²) in [6, 6.07) is 8.52. The Balaban J connectivity index is 2.15. The fraction of sp³-hybridized carbons (Fsp3) is 0.611. The van der Waals surface area contributed by atoms with Crippen LogP contribution in [0.2, 0.25) is 0 Å². The Morgan fingerprint density at radius 2 is 1.95 bits per heavy atom. The fourth-order valence-electron chi connectivity index (χ4n) is 2.99. The van der Waals surface area contributed by atoms with Crippen molar-refractivity contribution in [1.29, 1.82) is 0 Å². The van der Waals surface area contributed by atoms with Gasteiger partial charge in [-0.3, -0.25) is 4.79 Å². The highest BCUT2D eigenvalue weighted by molar-refractivity contribution is 5.79. The number of carbonyl (C=O) groups excluding carboxylic acids is 1. The van der Waals surface area contributed by atoms with E-state index in [4.69, 9.17) is 0 Å². The minimum absolute atomic E-state index is 0.00360. The molecule has 2 N–H and O–H groups in total. The number of benzene rings is 1. The van der Waals surface area contributed by atoms with Crippen molar-refractivity contribution in [3.05, 3.63) is 35.4 Å². The number of amides is 1. The van der Waals surface area contributed by atoms with Crippen LogP contribution in [0.1, 0.15) is 50.8 Å². The lowest BCUT2D eigenvalue weighted by molar-refractivity contribution is -0.127. The highest BCUT2D eigenvalue weighted by atomic mass is 16.2. The Morgan fingerprint density at radius 3 is 2.52 bits per heavy atom. The van der Waals surface area contributed by atoms with Gasteiger partial charge in [-0.05, 0) is 43.8 Å². The van der Waals surface area contributed by atoms with E-state index in [1.807, 2.05) is 0 Å². The van der Waals surface area contributed by atoms with Crippen molar-refractivity contribution >= 4 is 5.91 Å². The maximum Gasteiger partial charge on any atom is 0.223 e. The van der Waals surface area contributed by atoms with Gasteiger partial charge in [0.2, 0.25) is 5.91 Å². The first-order valence-corrected chi connectivity index (χ1v) is 7.95. The molecule has 1 amide bonds. The monoisotopic (exact) mass is 288 g/mol. The van der Waals surface area contributed by atoms with Crippen molar-refractivity contribution in [3.8, 4) is 0 Å². The third-order valence-corrected chi connectivity index (χ3v) is 4.24. The molecule has 3 nitrogen and oxygen atoms in total. The topological polar surface area (TPSA) is 41.1 Å². The van der Waals surface area contributed by atoms with Crippen molar-refractivity contribution in [1.82, 2.24) is 10.6 Å². The summed E-state index contributed by atoms with van der Waals surface area (Å²) in [4.78, 5) is 12.6. The van der Waals surface area contributed by atoms with E-state index in [9.17, 15) is 4.79 Å². The van der Waals surface area contributed by atoms with Crippen molar-refractivity contribution in [2.75, 3.05) is 13.1 Å². The van der Waals surface area contributed by atoms with Crippen molar-refractivity contribution in [3.63, 3.8) is 0 Å². The standard InChI is InChI=1S/C18H28N2O/c1-13-6-5-7-15(12-13)16(18(2,3)4)20-17(21)14-8-10-19-11-9-14/h5-7,12,14,16,19H,8-11H2,1-4H3,(H,20,21). The van der Waals surface area contributed by atoms with Crippen LogP contribution in [0.3, 0.4) is 0 Å². The molecular weight excluding hydrogens is 260 g/mol. The SMILES string of the molecule is Cc1cccc(C(NC(=O)C2CCNCC2)C(C)(C)C)c1. The van der Waals surface area contributed by atoms with Crippen molar-refractivity contribution in [2.24, 2.45) is 11.3 Å². The summed E-state index contributed by atoms with van der Waals surface area (Å²) in [6.45, 7) is 10.5. The van der Waals surface area contributed by atoms with Crippen molar-refractivity contribution < 1.29 is 4.79 Å². The molecule has 0 saturated carbocycles. The molecule has 1 unspecified atom stereocenters. The van der Waals surface area contributed by atoms with E-state index in [0.717, 1.165) is 25.9 Å². The van der Waals surface area contributed by atoms with Gasteiger partial charge in [0.25, 0.3) is 0 Å². The van der Waals surface area contributed by atoms with E-state index in [1.165, 1.54) is 11.1 Å². The highest BCUT2D eigenvalue weighted by Gasteiger charge is 2.30. The molecule has 1 aliphatic heterocycles. The second kappa shape index (κ2) is 6.61. The third-order valence-electron chi connectivity index (χ3n) is 4.24. The summed E-state index contributed by atoms with van der Waals surface area (Å²) < 4.78 is 0. The average molecular weight is 288 g/mol. The van der Waals surface area contributed by atoms with Crippen LogP contribution in [0.25, 0.3) is 0 Å². The van der Waals surface area contributed by atoms with E-state index < -0.39 is 0 Å². The van der Waals surface area contributed by atoms with Gasteiger partial charge in [-0.25, -0.2) is 0 Å². The molecule has 1 aliphatic rings. The van der Waals surface area contributed by atoms with Crippen LogP contribution in [0.4, 0.5) is 0 Å². The zero-order valence-corrected chi connectivity index (χ0v) is 13.7. The van der Waals surface area contributed by atoms with Crippen LogP contribution in [-0.4, -0.2) is 19.0 Å². The van der Waals surface area contributed by atoms with Crippen LogP contribution >= 0.6 is 0 Å². The lowest BCUT2D eigenvalue weighted by Gasteiger charge is -2.34. The molecule has 0 bridgehead atoms. The van der Waals surface area contributed by atoms with Crippen LogP contribution < -0.4 is 10.6 Å². The summed E-state index contributed by atoms with van der Waals surface area (Å²) in [7, 11) is 0. The summed E-state index contributed by atoms with van der Waals surface area (Å²) in [6.07, 6.45) is 1.88. The van der Waals surface area contributed by atoms with E-state index in [-0.39, 0.29) is 23.3 Å². The molecule has 1 aromatic rings. The number of aryl methyl sites for hydroxylation is 1. The lowest BCUT2D eigenvalue weighted by Crippen LogP contribution is -2.43. The highest BCUT2D eigenvalue weighted by Crippen LogP contribution is 2.33. The maximum absolute atomic E-state index is 12.6. The molecule has 116 valence electrons. The van der Waals surface area contributed by atoms with E-state index >= 15 is 0 Å². The number of rotatable bonds is 3. The van der Waals surface area contributed by atoms with E-state index in [0.29, 0.717) is 0 Å².